The fourth-order valence-electron chi connectivity index (χ4n) is 1.05. The van der Waals surface area contributed by atoms with E-state index in [1.54, 1.807) is 5.92 Å². The Morgan fingerprint density at radius 1 is 1.50 bits per heavy atom. The zero-order valence-electron chi connectivity index (χ0n) is 5.99. The van der Waals surface area contributed by atoms with Crippen LogP contribution in [0.5, 0.6) is 0 Å². The molecule has 0 aromatic carbocycles. The van der Waals surface area contributed by atoms with Crippen molar-refractivity contribution in [3.8, 4) is 0 Å². The van der Waals surface area contributed by atoms with Gasteiger partial charge in [0.25, 0.3) is 0 Å². The summed E-state index contributed by atoms with van der Waals surface area (Å²) in [7, 11) is 0. The molecule has 0 bridgehead atoms. The first-order chi connectivity index (χ1) is 3.54. The van der Waals surface area contributed by atoms with Gasteiger partial charge in [-0.25, -0.2) is 0 Å². The van der Waals surface area contributed by atoms with E-state index in [-0.39, 0.29) is 0 Å². The second-order valence-electron chi connectivity index (χ2n) is 2.95. The number of rotatable bonds is 0. The highest BCUT2D eigenvalue weighted by Crippen LogP contribution is 2.52. The van der Waals surface area contributed by atoms with Gasteiger partial charge in [-0.1, -0.05) is 27.7 Å². The van der Waals surface area contributed by atoms with Crippen LogP contribution in [0.1, 0.15) is 27.7 Å². The van der Waals surface area contributed by atoms with Crippen LogP contribution in [-0.2, 0) is 0 Å². The summed E-state index contributed by atoms with van der Waals surface area (Å²) in [6, 6.07) is 0. The highest BCUT2D eigenvalue weighted by atomic mass is 32.2. The van der Waals surface area contributed by atoms with E-state index < -0.39 is 0 Å². The molecule has 8 heavy (non-hydrogen) atoms. The van der Waals surface area contributed by atoms with Crippen LogP contribution in [0, 0.1) is 5.92 Å². The molecule has 1 rings (SSSR count). The number of hydrogen-bond acceptors (Lipinski definition) is 1. The van der Waals surface area contributed by atoms with E-state index in [0.29, 0.717) is 4.75 Å². The van der Waals surface area contributed by atoms with Crippen molar-refractivity contribution in [2.75, 3.05) is 0 Å². The Kier molecular flexibility index (Phi) is 1.34. The zero-order valence-corrected chi connectivity index (χ0v) is 6.80. The Morgan fingerprint density at radius 2 is 2.00 bits per heavy atom. The van der Waals surface area contributed by atoms with E-state index in [1.807, 2.05) is 0 Å². The minimum Gasteiger partial charge on any atom is -0.151 e. The van der Waals surface area contributed by atoms with Crippen LogP contribution in [0.4, 0.5) is 0 Å². The maximum absolute atomic E-state index is 2.28. The van der Waals surface area contributed by atoms with Crippen molar-refractivity contribution < 1.29 is 0 Å². The summed E-state index contributed by atoms with van der Waals surface area (Å²) >= 11 is 2.06. The summed E-state index contributed by atoms with van der Waals surface area (Å²) in [5, 5.41) is 0.810. The second-order valence-corrected chi connectivity index (χ2v) is 4.92. The summed E-state index contributed by atoms with van der Waals surface area (Å²) in [6.45, 7) is 9.09. The number of thioether (sulfide) groups is 1. The first-order valence-corrected chi connectivity index (χ1v) is 3.94. The van der Waals surface area contributed by atoms with E-state index in [1.165, 1.54) is 0 Å². The fourth-order valence-corrected chi connectivity index (χ4v) is 2.59. The van der Waals surface area contributed by atoms with Gasteiger partial charge in [0.05, 0.1) is 0 Å². The lowest BCUT2D eigenvalue weighted by Gasteiger charge is -2.47. The predicted octanol–water partition coefficient (Wildman–Crippen LogP) is 2.49. The average Bonchev–Trinajstić information content (AvgIpc) is 1.65. The normalized spacial score (nSPS) is 36.8. The lowest BCUT2D eigenvalue weighted by Crippen LogP contribution is -2.41. The molecule has 0 N–H and O–H groups in total. The molecule has 1 radical (unpaired) electrons. The maximum Gasteiger partial charge on any atom is 0.0176 e. The smallest absolute Gasteiger partial charge is 0.0176 e. The third kappa shape index (κ3) is 0.771. The van der Waals surface area contributed by atoms with E-state index in [4.69, 9.17) is 0 Å². The van der Waals surface area contributed by atoms with Gasteiger partial charge in [0.1, 0.15) is 0 Å². The molecule has 1 heterocycles. The Balaban J connectivity index is 2.47. The van der Waals surface area contributed by atoms with Gasteiger partial charge in [-0.2, -0.15) is 11.8 Å². The summed E-state index contributed by atoms with van der Waals surface area (Å²) in [5.41, 5.74) is 0. The molecule has 0 nitrogen and oxygen atoms in total. The monoisotopic (exact) mass is 129 g/mol. The first-order valence-electron chi connectivity index (χ1n) is 3.06. The minimum atomic E-state index is 0.486. The van der Waals surface area contributed by atoms with E-state index in [0.717, 1.165) is 5.25 Å². The molecule has 1 heteroatoms. The molecule has 1 unspecified atom stereocenters. The van der Waals surface area contributed by atoms with Gasteiger partial charge in [-0.15, -0.1) is 0 Å². The van der Waals surface area contributed by atoms with Crippen LogP contribution in [0.15, 0.2) is 0 Å². The highest BCUT2D eigenvalue weighted by molar-refractivity contribution is 8.03. The van der Waals surface area contributed by atoms with Crippen LogP contribution in [0.3, 0.4) is 0 Å². The van der Waals surface area contributed by atoms with Crippen molar-refractivity contribution in [2.24, 2.45) is 0 Å². The summed E-state index contributed by atoms with van der Waals surface area (Å²) in [5.74, 6) is 1.64. The Morgan fingerprint density at radius 3 is 2.00 bits per heavy atom. The third-order valence-corrected chi connectivity index (χ3v) is 3.65. The third-order valence-electron chi connectivity index (χ3n) is 2.03. The lowest BCUT2D eigenvalue weighted by molar-refractivity contribution is 0.629. The quantitative estimate of drug-likeness (QED) is 0.484. The molecule has 0 spiro atoms. The maximum atomic E-state index is 2.28. The van der Waals surface area contributed by atoms with Crippen molar-refractivity contribution in [3.05, 3.63) is 5.92 Å². The van der Waals surface area contributed by atoms with Crippen LogP contribution in [0.2, 0.25) is 0 Å². The SMILES string of the molecule is C[C]1C(C)SC1(C)C. The Labute approximate surface area is 56.0 Å². The highest BCUT2D eigenvalue weighted by Gasteiger charge is 2.42. The molecule has 0 saturated carbocycles. The molecule has 0 amide bonds. The molecular formula is C7H13S. The Bertz CT molecular complexity index is 96.6. The average molecular weight is 129 g/mol. The minimum absolute atomic E-state index is 0.486. The first kappa shape index (κ1) is 6.47. The summed E-state index contributed by atoms with van der Waals surface area (Å²) in [4.78, 5) is 0. The molecule has 1 aliphatic rings. The topological polar surface area (TPSA) is 0 Å². The molecule has 0 aromatic heterocycles. The lowest BCUT2D eigenvalue weighted by atomic mass is 9.92. The predicted molar refractivity (Wildman–Crippen MR) is 40.0 cm³/mol. The molecule has 0 aliphatic carbocycles. The molecule has 1 saturated heterocycles. The van der Waals surface area contributed by atoms with E-state index >= 15 is 0 Å². The van der Waals surface area contributed by atoms with Gasteiger partial charge < -0.3 is 0 Å². The molecule has 47 valence electrons. The Hall–Kier alpha value is 0.350. The van der Waals surface area contributed by atoms with Gasteiger partial charge in [-0.3, -0.25) is 0 Å². The van der Waals surface area contributed by atoms with Crippen LogP contribution in [0.25, 0.3) is 0 Å². The second kappa shape index (κ2) is 1.66. The van der Waals surface area contributed by atoms with Gasteiger partial charge >= 0.3 is 0 Å². The van der Waals surface area contributed by atoms with Gasteiger partial charge in [0.2, 0.25) is 0 Å². The largest absolute Gasteiger partial charge is 0.151 e. The van der Waals surface area contributed by atoms with Crippen molar-refractivity contribution in [2.45, 2.75) is 37.7 Å². The van der Waals surface area contributed by atoms with Crippen LogP contribution in [-0.4, -0.2) is 10.00 Å². The molecule has 1 fully saturated rings. The van der Waals surface area contributed by atoms with E-state index in [2.05, 4.69) is 39.5 Å². The van der Waals surface area contributed by atoms with Gasteiger partial charge in [0.15, 0.2) is 0 Å². The summed E-state index contributed by atoms with van der Waals surface area (Å²) in [6.07, 6.45) is 0. The zero-order chi connectivity index (χ0) is 6.36. The molecule has 0 aromatic rings. The number of hydrogen-bond donors (Lipinski definition) is 0. The molecular weight excluding hydrogens is 116 g/mol. The van der Waals surface area contributed by atoms with Crippen LogP contribution < -0.4 is 0 Å². The van der Waals surface area contributed by atoms with Crippen molar-refractivity contribution in [1.82, 2.24) is 0 Å². The fraction of sp³-hybridized carbons (Fsp3) is 0.857. The molecule has 1 atom stereocenters. The van der Waals surface area contributed by atoms with Crippen molar-refractivity contribution >= 4 is 11.8 Å². The van der Waals surface area contributed by atoms with Crippen molar-refractivity contribution in [1.29, 1.82) is 0 Å². The van der Waals surface area contributed by atoms with E-state index in [9.17, 15) is 0 Å². The van der Waals surface area contributed by atoms with Gasteiger partial charge in [0, 0.05) is 15.9 Å². The van der Waals surface area contributed by atoms with Gasteiger partial charge in [-0.05, 0) is 0 Å². The standard InChI is InChI=1S/C7H13S/c1-5-6(2)8-7(5,3)4/h6H,1-4H3. The molecule has 1 aliphatic heterocycles. The van der Waals surface area contributed by atoms with Crippen LogP contribution >= 0.6 is 11.8 Å². The summed E-state index contributed by atoms with van der Waals surface area (Å²) < 4.78 is 0.486. The van der Waals surface area contributed by atoms with Crippen molar-refractivity contribution in [3.63, 3.8) is 0 Å².